The summed E-state index contributed by atoms with van der Waals surface area (Å²) in [5, 5.41) is 2.59. The van der Waals surface area contributed by atoms with E-state index < -0.39 is 6.09 Å². The van der Waals surface area contributed by atoms with Gasteiger partial charge in [0.1, 0.15) is 12.4 Å². The molecule has 1 amide bonds. The van der Waals surface area contributed by atoms with Crippen molar-refractivity contribution in [2.75, 3.05) is 6.54 Å². The van der Waals surface area contributed by atoms with Crippen molar-refractivity contribution in [2.45, 2.75) is 13.5 Å². The van der Waals surface area contributed by atoms with Crippen molar-refractivity contribution < 1.29 is 13.9 Å². The van der Waals surface area contributed by atoms with Crippen LogP contribution in [-0.4, -0.2) is 12.6 Å². The van der Waals surface area contributed by atoms with Crippen LogP contribution in [0.1, 0.15) is 16.7 Å². The lowest BCUT2D eigenvalue weighted by molar-refractivity contribution is 0.141. The molecule has 0 fully saturated rings. The summed E-state index contributed by atoms with van der Waals surface area (Å²) in [4.78, 5) is 11.5. The molecule has 0 radical (unpaired) electrons. The second kappa shape index (κ2) is 7.98. The van der Waals surface area contributed by atoms with Gasteiger partial charge in [-0.3, -0.25) is 0 Å². The lowest BCUT2D eigenvalue weighted by Crippen LogP contribution is -2.24. The lowest BCUT2D eigenvalue weighted by Gasteiger charge is -2.05. The smallest absolute Gasteiger partial charge is 0.407 e. The van der Waals surface area contributed by atoms with Crippen molar-refractivity contribution in [2.24, 2.45) is 0 Å². The van der Waals surface area contributed by atoms with Crippen LogP contribution in [0.2, 0.25) is 0 Å². The van der Waals surface area contributed by atoms with Crippen LogP contribution in [0.4, 0.5) is 9.18 Å². The number of alkyl carbamates (subject to hydrolysis) is 1. The summed E-state index contributed by atoms with van der Waals surface area (Å²) >= 11 is 0. The highest BCUT2D eigenvalue weighted by Crippen LogP contribution is 2.12. The Kier molecular flexibility index (Phi) is 5.72. The third-order valence-electron chi connectivity index (χ3n) is 3.10. The Bertz CT molecular complexity index is 653. The molecule has 0 spiro atoms. The van der Waals surface area contributed by atoms with Gasteiger partial charge in [0.2, 0.25) is 0 Å². The minimum atomic E-state index is -0.502. The zero-order chi connectivity index (χ0) is 15.8. The molecule has 114 valence electrons. The maximum atomic E-state index is 13.7. The Labute approximate surface area is 129 Å². The summed E-state index contributed by atoms with van der Waals surface area (Å²) in [5.41, 5.74) is 2.02. The van der Waals surface area contributed by atoms with E-state index in [4.69, 9.17) is 4.74 Å². The van der Waals surface area contributed by atoms with E-state index in [0.29, 0.717) is 11.1 Å². The molecular formula is C18H18FNO2. The van der Waals surface area contributed by atoms with Gasteiger partial charge in [0.05, 0.1) is 0 Å². The highest BCUT2D eigenvalue weighted by Gasteiger charge is 2.02. The van der Waals surface area contributed by atoms with E-state index in [0.717, 1.165) is 5.56 Å². The van der Waals surface area contributed by atoms with Crippen LogP contribution in [0, 0.1) is 12.7 Å². The van der Waals surface area contributed by atoms with E-state index in [1.807, 2.05) is 30.3 Å². The molecule has 22 heavy (non-hydrogen) atoms. The average molecular weight is 299 g/mol. The van der Waals surface area contributed by atoms with E-state index in [1.54, 1.807) is 37.3 Å². The summed E-state index contributed by atoms with van der Waals surface area (Å²) in [7, 11) is 0. The second-order valence-electron chi connectivity index (χ2n) is 4.82. The Morgan fingerprint density at radius 1 is 1.18 bits per heavy atom. The summed E-state index contributed by atoms with van der Waals surface area (Å²) in [6, 6.07) is 14.6. The van der Waals surface area contributed by atoms with Crippen LogP contribution in [0.15, 0.2) is 54.6 Å². The van der Waals surface area contributed by atoms with E-state index in [-0.39, 0.29) is 19.0 Å². The largest absolute Gasteiger partial charge is 0.445 e. The lowest BCUT2D eigenvalue weighted by atomic mass is 10.1. The fourth-order valence-electron chi connectivity index (χ4n) is 1.90. The van der Waals surface area contributed by atoms with Gasteiger partial charge in [-0.1, -0.05) is 60.7 Å². The van der Waals surface area contributed by atoms with Crippen molar-refractivity contribution in [1.82, 2.24) is 5.32 Å². The predicted octanol–water partition coefficient (Wildman–Crippen LogP) is 4.07. The summed E-state index contributed by atoms with van der Waals surface area (Å²) in [6.07, 6.45) is 2.82. The molecule has 4 heteroatoms. The summed E-state index contributed by atoms with van der Waals surface area (Å²) in [5.74, 6) is -0.245. The molecule has 2 aromatic carbocycles. The number of hydrogen-bond donors (Lipinski definition) is 1. The fraction of sp³-hybridized carbons (Fsp3) is 0.167. The first-order chi connectivity index (χ1) is 10.7. The molecule has 1 N–H and O–H groups in total. The molecule has 0 aliphatic heterocycles. The Hall–Kier alpha value is -2.62. The van der Waals surface area contributed by atoms with Gasteiger partial charge in [-0.05, 0) is 18.1 Å². The molecule has 3 nitrogen and oxygen atoms in total. The molecule has 0 saturated heterocycles. The number of rotatable bonds is 5. The van der Waals surface area contributed by atoms with Gasteiger partial charge in [0.15, 0.2) is 0 Å². The van der Waals surface area contributed by atoms with Gasteiger partial charge in [-0.15, -0.1) is 0 Å². The maximum Gasteiger partial charge on any atom is 0.407 e. The first kappa shape index (κ1) is 15.8. The van der Waals surface area contributed by atoms with Gasteiger partial charge in [-0.25, -0.2) is 9.18 Å². The zero-order valence-corrected chi connectivity index (χ0v) is 12.4. The minimum absolute atomic E-state index is 0.225. The van der Waals surface area contributed by atoms with Crippen molar-refractivity contribution in [3.05, 3.63) is 77.1 Å². The zero-order valence-electron chi connectivity index (χ0n) is 12.4. The minimum Gasteiger partial charge on any atom is -0.445 e. The van der Waals surface area contributed by atoms with Crippen molar-refractivity contribution in [3.8, 4) is 0 Å². The van der Waals surface area contributed by atoms with Crippen molar-refractivity contribution in [3.63, 3.8) is 0 Å². The van der Waals surface area contributed by atoms with Gasteiger partial charge < -0.3 is 10.1 Å². The van der Waals surface area contributed by atoms with E-state index >= 15 is 0 Å². The Morgan fingerprint density at radius 3 is 2.73 bits per heavy atom. The second-order valence-corrected chi connectivity index (χ2v) is 4.82. The highest BCUT2D eigenvalue weighted by atomic mass is 19.1. The number of benzene rings is 2. The number of halogens is 1. The molecule has 0 aromatic heterocycles. The molecular weight excluding hydrogens is 281 g/mol. The van der Waals surface area contributed by atoms with E-state index in [2.05, 4.69) is 5.32 Å². The van der Waals surface area contributed by atoms with Gasteiger partial charge in [-0.2, -0.15) is 0 Å². The molecule has 2 rings (SSSR count). The normalized spacial score (nSPS) is 10.6. The topological polar surface area (TPSA) is 38.3 Å². The van der Waals surface area contributed by atoms with Crippen molar-refractivity contribution >= 4 is 12.2 Å². The molecule has 0 bridgehead atoms. The average Bonchev–Trinajstić information content (AvgIpc) is 2.54. The highest BCUT2D eigenvalue weighted by molar-refractivity contribution is 5.67. The standard InChI is InChI=1S/C18H18FNO2/c1-14-7-5-10-16(17(14)19)11-6-12-20-18(21)22-13-15-8-3-2-4-9-15/h2-11H,12-13H2,1H3,(H,20,21). The Balaban J connectivity index is 1.75. The summed E-state index contributed by atoms with van der Waals surface area (Å²) in [6.45, 7) is 2.22. The molecule has 0 aliphatic rings. The summed E-state index contributed by atoms with van der Waals surface area (Å²) < 4.78 is 18.8. The Morgan fingerprint density at radius 2 is 1.95 bits per heavy atom. The van der Waals surface area contributed by atoms with Crippen LogP contribution < -0.4 is 5.32 Å². The molecule has 0 heterocycles. The molecule has 0 unspecified atom stereocenters. The number of amides is 1. The van der Waals surface area contributed by atoms with Crippen LogP contribution in [0.25, 0.3) is 6.08 Å². The number of carbonyl (C=O) groups excluding carboxylic acids is 1. The van der Waals surface area contributed by atoms with Crippen LogP contribution >= 0.6 is 0 Å². The number of hydrogen-bond acceptors (Lipinski definition) is 2. The number of nitrogens with one attached hydrogen (secondary N) is 1. The van der Waals surface area contributed by atoms with Gasteiger partial charge >= 0.3 is 6.09 Å². The van der Waals surface area contributed by atoms with E-state index in [1.165, 1.54) is 0 Å². The number of carbonyl (C=O) groups is 1. The van der Waals surface area contributed by atoms with Gasteiger partial charge in [0, 0.05) is 12.1 Å². The number of ether oxygens (including phenoxy) is 1. The molecule has 0 atom stereocenters. The van der Waals surface area contributed by atoms with Crippen LogP contribution in [0.3, 0.4) is 0 Å². The third kappa shape index (κ3) is 4.74. The van der Waals surface area contributed by atoms with Crippen LogP contribution in [0.5, 0.6) is 0 Å². The molecule has 0 aliphatic carbocycles. The monoisotopic (exact) mass is 299 g/mol. The maximum absolute atomic E-state index is 13.7. The first-order valence-corrected chi connectivity index (χ1v) is 7.03. The SMILES string of the molecule is Cc1cccc(C=CCNC(=O)OCc2ccccc2)c1F. The number of aryl methyl sites for hydroxylation is 1. The van der Waals surface area contributed by atoms with Gasteiger partial charge in [0.25, 0.3) is 0 Å². The van der Waals surface area contributed by atoms with Crippen LogP contribution in [-0.2, 0) is 11.3 Å². The molecule has 2 aromatic rings. The predicted molar refractivity (Wildman–Crippen MR) is 84.8 cm³/mol. The quantitative estimate of drug-likeness (QED) is 0.903. The fourth-order valence-corrected chi connectivity index (χ4v) is 1.90. The van der Waals surface area contributed by atoms with Crippen molar-refractivity contribution in [1.29, 1.82) is 0 Å². The third-order valence-corrected chi connectivity index (χ3v) is 3.10. The first-order valence-electron chi connectivity index (χ1n) is 7.03. The molecule has 0 saturated carbocycles. The van der Waals surface area contributed by atoms with E-state index in [9.17, 15) is 9.18 Å².